The van der Waals surface area contributed by atoms with Crippen LogP contribution in [0.1, 0.15) is 10.4 Å². The van der Waals surface area contributed by atoms with Gasteiger partial charge in [-0.05, 0) is 18.2 Å². The molecule has 6 heteroatoms. The number of nitrogens with zero attached hydrogens (tertiary/aromatic N) is 2. The van der Waals surface area contributed by atoms with Gasteiger partial charge in [-0.1, -0.05) is 11.8 Å². The Balaban J connectivity index is 2.28. The summed E-state index contributed by atoms with van der Waals surface area (Å²) in [5, 5.41) is 4.07. The van der Waals surface area contributed by atoms with E-state index >= 15 is 0 Å². The molecule has 0 fully saturated rings. The summed E-state index contributed by atoms with van der Waals surface area (Å²) in [6, 6.07) is 5.22. The van der Waals surface area contributed by atoms with E-state index in [4.69, 9.17) is 11.5 Å². The molecule has 0 aliphatic heterocycles. The van der Waals surface area contributed by atoms with Gasteiger partial charge >= 0.3 is 0 Å². The maximum Gasteiger partial charge on any atom is 0.250 e. The summed E-state index contributed by atoms with van der Waals surface area (Å²) in [5.41, 5.74) is 11.6. The van der Waals surface area contributed by atoms with E-state index in [1.807, 2.05) is 19.3 Å². The zero-order valence-electron chi connectivity index (χ0n) is 9.25. The highest BCUT2D eigenvalue weighted by atomic mass is 32.2. The number of hydrogen-bond acceptors (Lipinski definition) is 4. The molecular formula is C11H12N4OS. The SMILES string of the molecule is Cn1cc(Sc2ccc(N)c(C(N)=O)c2)cn1. The van der Waals surface area contributed by atoms with Gasteiger partial charge in [0.1, 0.15) is 0 Å². The summed E-state index contributed by atoms with van der Waals surface area (Å²) in [4.78, 5) is 13.0. The van der Waals surface area contributed by atoms with E-state index in [9.17, 15) is 4.79 Å². The smallest absolute Gasteiger partial charge is 0.250 e. The van der Waals surface area contributed by atoms with E-state index < -0.39 is 5.91 Å². The standard InChI is InChI=1S/C11H12N4OS/c1-15-6-8(5-14-15)17-7-2-3-10(12)9(4-7)11(13)16/h2-6H,12H2,1H3,(H2,13,16). The average molecular weight is 248 g/mol. The Morgan fingerprint density at radius 2 is 2.18 bits per heavy atom. The minimum Gasteiger partial charge on any atom is -0.398 e. The number of primary amides is 1. The number of anilines is 1. The molecule has 88 valence electrons. The molecule has 0 spiro atoms. The Hall–Kier alpha value is -1.95. The summed E-state index contributed by atoms with van der Waals surface area (Å²) >= 11 is 1.50. The van der Waals surface area contributed by atoms with Crippen LogP contribution in [-0.2, 0) is 7.05 Å². The summed E-state index contributed by atoms with van der Waals surface area (Å²) in [6.45, 7) is 0. The third kappa shape index (κ3) is 2.59. The third-order valence-corrected chi connectivity index (χ3v) is 3.14. The predicted octanol–water partition coefficient (Wildman–Crippen LogP) is 1.25. The van der Waals surface area contributed by atoms with E-state index in [-0.39, 0.29) is 0 Å². The number of aromatic nitrogens is 2. The van der Waals surface area contributed by atoms with Gasteiger partial charge in [-0.2, -0.15) is 5.10 Å². The number of benzene rings is 1. The van der Waals surface area contributed by atoms with Crippen molar-refractivity contribution < 1.29 is 4.79 Å². The molecule has 0 atom stereocenters. The molecule has 4 N–H and O–H groups in total. The molecule has 5 nitrogen and oxygen atoms in total. The number of carbonyl (C=O) groups is 1. The fourth-order valence-electron chi connectivity index (χ4n) is 1.40. The highest BCUT2D eigenvalue weighted by Gasteiger charge is 2.08. The van der Waals surface area contributed by atoms with Crippen LogP contribution in [0, 0.1) is 0 Å². The van der Waals surface area contributed by atoms with E-state index in [0.29, 0.717) is 11.3 Å². The first kappa shape index (κ1) is 11.5. The minimum atomic E-state index is -0.517. The summed E-state index contributed by atoms with van der Waals surface area (Å²) < 4.78 is 1.72. The highest BCUT2D eigenvalue weighted by Crippen LogP contribution is 2.29. The van der Waals surface area contributed by atoms with Gasteiger partial charge in [-0.3, -0.25) is 9.48 Å². The van der Waals surface area contributed by atoms with Gasteiger partial charge in [0.25, 0.3) is 5.91 Å². The van der Waals surface area contributed by atoms with Gasteiger partial charge in [-0.15, -0.1) is 0 Å². The predicted molar refractivity (Wildman–Crippen MR) is 66.7 cm³/mol. The van der Waals surface area contributed by atoms with E-state index in [0.717, 1.165) is 9.79 Å². The van der Waals surface area contributed by atoms with Crippen molar-refractivity contribution in [2.75, 3.05) is 5.73 Å². The Labute approximate surface area is 103 Å². The number of aryl methyl sites for hydroxylation is 1. The summed E-state index contributed by atoms with van der Waals surface area (Å²) in [5.74, 6) is -0.517. The molecular weight excluding hydrogens is 236 g/mol. The molecule has 0 saturated carbocycles. The minimum absolute atomic E-state index is 0.346. The van der Waals surface area contributed by atoms with Crippen molar-refractivity contribution >= 4 is 23.4 Å². The Morgan fingerprint density at radius 1 is 1.41 bits per heavy atom. The monoisotopic (exact) mass is 248 g/mol. The molecule has 0 radical (unpaired) electrons. The molecule has 0 aliphatic rings. The number of amides is 1. The second kappa shape index (κ2) is 4.50. The van der Waals surface area contributed by atoms with Gasteiger partial charge in [0.15, 0.2) is 0 Å². The van der Waals surface area contributed by atoms with Crippen LogP contribution in [0.25, 0.3) is 0 Å². The zero-order valence-corrected chi connectivity index (χ0v) is 10.1. The molecule has 1 aromatic carbocycles. The lowest BCUT2D eigenvalue weighted by Crippen LogP contribution is -2.13. The zero-order chi connectivity index (χ0) is 12.4. The van der Waals surface area contributed by atoms with Crippen LogP contribution in [0.4, 0.5) is 5.69 Å². The maximum absolute atomic E-state index is 11.1. The van der Waals surface area contributed by atoms with E-state index in [2.05, 4.69) is 5.10 Å². The van der Waals surface area contributed by atoms with Gasteiger partial charge in [-0.25, -0.2) is 0 Å². The second-order valence-corrected chi connectivity index (χ2v) is 4.71. The lowest BCUT2D eigenvalue weighted by atomic mass is 10.2. The average Bonchev–Trinajstić information content (AvgIpc) is 2.66. The van der Waals surface area contributed by atoms with Crippen molar-refractivity contribution in [1.29, 1.82) is 0 Å². The molecule has 17 heavy (non-hydrogen) atoms. The van der Waals surface area contributed by atoms with Crippen LogP contribution in [0.2, 0.25) is 0 Å². The fraction of sp³-hybridized carbons (Fsp3) is 0.0909. The largest absolute Gasteiger partial charge is 0.398 e. The molecule has 1 aromatic heterocycles. The van der Waals surface area contributed by atoms with Crippen LogP contribution in [0.3, 0.4) is 0 Å². The molecule has 0 aliphatic carbocycles. The van der Waals surface area contributed by atoms with Gasteiger partial charge in [0.2, 0.25) is 0 Å². The first-order valence-electron chi connectivity index (χ1n) is 4.92. The Morgan fingerprint density at radius 3 is 2.76 bits per heavy atom. The molecule has 0 saturated heterocycles. The third-order valence-electron chi connectivity index (χ3n) is 2.21. The molecule has 0 bridgehead atoms. The second-order valence-electron chi connectivity index (χ2n) is 3.57. The van der Waals surface area contributed by atoms with Crippen molar-refractivity contribution in [2.24, 2.45) is 12.8 Å². The topological polar surface area (TPSA) is 86.9 Å². The molecule has 0 unspecified atom stereocenters. The lowest BCUT2D eigenvalue weighted by Gasteiger charge is -2.04. The van der Waals surface area contributed by atoms with Gasteiger partial charge < -0.3 is 11.5 Å². The number of rotatable bonds is 3. The first-order chi connectivity index (χ1) is 8.06. The van der Waals surface area contributed by atoms with Crippen LogP contribution >= 0.6 is 11.8 Å². The van der Waals surface area contributed by atoms with Crippen molar-refractivity contribution in [2.45, 2.75) is 9.79 Å². The van der Waals surface area contributed by atoms with Crippen molar-refractivity contribution in [3.63, 3.8) is 0 Å². The van der Waals surface area contributed by atoms with Crippen LogP contribution in [-0.4, -0.2) is 15.7 Å². The molecule has 2 rings (SSSR count). The maximum atomic E-state index is 11.1. The Kier molecular flexibility index (Phi) is 3.06. The fourth-order valence-corrected chi connectivity index (χ4v) is 2.29. The van der Waals surface area contributed by atoms with Gasteiger partial charge in [0.05, 0.1) is 16.7 Å². The van der Waals surface area contributed by atoms with E-state index in [1.54, 1.807) is 23.0 Å². The molecule has 1 amide bonds. The molecule has 1 heterocycles. The van der Waals surface area contributed by atoms with Gasteiger partial charge in [0, 0.05) is 23.8 Å². The van der Waals surface area contributed by atoms with Crippen molar-refractivity contribution in [3.05, 3.63) is 36.2 Å². The quantitative estimate of drug-likeness (QED) is 0.800. The normalized spacial score (nSPS) is 10.4. The Bertz CT molecular complexity index is 564. The van der Waals surface area contributed by atoms with Crippen LogP contribution < -0.4 is 11.5 Å². The summed E-state index contributed by atoms with van der Waals surface area (Å²) in [7, 11) is 1.85. The summed E-state index contributed by atoms with van der Waals surface area (Å²) in [6.07, 6.45) is 3.65. The first-order valence-corrected chi connectivity index (χ1v) is 5.74. The van der Waals surface area contributed by atoms with Crippen LogP contribution in [0.15, 0.2) is 40.4 Å². The number of nitrogens with two attached hydrogens (primary N) is 2. The molecule has 2 aromatic rings. The van der Waals surface area contributed by atoms with E-state index in [1.165, 1.54) is 11.8 Å². The van der Waals surface area contributed by atoms with Crippen molar-refractivity contribution in [1.82, 2.24) is 9.78 Å². The van der Waals surface area contributed by atoms with Crippen molar-refractivity contribution in [3.8, 4) is 0 Å². The number of nitrogen functional groups attached to an aromatic ring is 1. The number of carbonyl (C=O) groups excluding carboxylic acids is 1. The number of hydrogen-bond donors (Lipinski definition) is 2. The van der Waals surface area contributed by atoms with Crippen LogP contribution in [0.5, 0.6) is 0 Å². The highest BCUT2D eigenvalue weighted by molar-refractivity contribution is 7.99. The lowest BCUT2D eigenvalue weighted by molar-refractivity contribution is 0.100.